The Kier molecular flexibility index (Phi) is 5.97. The van der Waals surface area contributed by atoms with Gasteiger partial charge >= 0.3 is 0 Å². The highest BCUT2D eigenvalue weighted by molar-refractivity contribution is 7.89. The molecule has 0 amide bonds. The predicted octanol–water partition coefficient (Wildman–Crippen LogP) is 0.214. The van der Waals surface area contributed by atoms with Gasteiger partial charge in [0.05, 0.1) is 19.8 Å². The number of likely N-dealkylation sites (N-methyl/N-ethyl adjacent to an activating group) is 1. The number of sulfonamides is 1. The molecule has 0 radical (unpaired) electrons. The number of aliphatic hydroxyl groups excluding tert-OH is 1. The fraction of sp³-hybridized carbons (Fsp3) is 0.538. The average molecular weight is 318 g/mol. The summed E-state index contributed by atoms with van der Waals surface area (Å²) in [5.74, 6) is 0.217. The third-order valence-electron chi connectivity index (χ3n) is 3.07. The molecule has 0 spiro atoms. The van der Waals surface area contributed by atoms with Gasteiger partial charge in [-0.15, -0.1) is 0 Å². The van der Waals surface area contributed by atoms with Gasteiger partial charge in [0, 0.05) is 26.4 Å². The highest BCUT2D eigenvalue weighted by Gasteiger charge is 2.27. The maximum absolute atomic E-state index is 12.6. The molecule has 7 nitrogen and oxygen atoms in total. The maximum Gasteiger partial charge on any atom is 0.246 e. The number of benzene rings is 1. The molecule has 0 saturated heterocycles. The lowest BCUT2D eigenvalue weighted by Crippen LogP contribution is -2.36. The van der Waals surface area contributed by atoms with Crippen molar-refractivity contribution < 1.29 is 23.0 Å². The first-order valence-corrected chi connectivity index (χ1v) is 7.75. The second-order valence-corrected chi connectivity index (χ2v) is 6.77. The van der Waals surface area contributed by atoms with Crippen LogP contribution in [0.15, 0.2) is 17.0 Å². The maximum atomic E-state index is 12.6. The molecule has 1 rings (SSSR count). The van der Waals surface area contributed by atoms with Crippen molar-refractivity contribution in [3.8, 4) is 5.75 Å². The zero-order chi connectivity index (χ0) is 16.2. The van der Waals surface area contributed by atoms with E-state index in [1.165, 1.54) is 27.3 Å². The third kappa shape index (κ3) is 4.07. The number of aryl methyl sites for hydroxylation is 1. The van der Waals surface area contributed by atoms with E-state index in [4.69, 9.17) is 15.2 Å². The van der Waals surface area contributed by atoms with Gasteiger partial charge in [-0.1, -0.05) is 0 Å². The van der Waals surface area contributed by atoms with E-state index in [1.54, 1.807) is 13.0 Å². The Morgan fingerprint density at radius 2 is 2.00 bits per heavy atom. The number of nitrogens with two attached hydrogens (primary N) is 1. The Balaban J connectivity index is 3.15. The molecule has 1 aromatic rings. The second kappa shape index (κ2) is 7.08. The standard InChI is InChI=1S/C13H22N2O5S/c1-9-5-12(20-4)13(6-11(9)14)21(17,18)15(2)7-10(16)8-19-3/h5-6,10,16H,7-8,14H2,1-4H3. The van der Waals surface area contributed by atoms with Gasteiger partial charge in [0.15, 0.2) is 0 Å². The first-order valence-electron chi connectivity index (χ1n) is 6.31. The van der Waals surface area contributed by atoms with Gasteiger partial charge in [-0.05, 0) is 24.6 Å². The van der Waals surface area contributed by atoms with Crippen molar-refractivity contribution in [2.75, 3.05) is 40.2 Å². The first kappa shape index (κ1) is 17.7. The normalized spacial score (nSPS) is 13.4. The number of anilines is 1. The monoisotopic (exact) mass is 318 g/mol. The molecule has 0 aliphatic heterocycles. The number of ether oxygens (including phenoxy) is 2. The fourth-order valence-corrected chi connectivity index (χ4v) is 3.22. The van der Waals surface area contributed by atoms with Crippen molar-refractivity contribution in [3.63, 3.8) is 0 Å². The Morgan fingerprint density at radius 1 is 1.38 bits per heavy atom. The molecule has 1 aromatic carbocycles. The molecule has 0 aliphatic rings. The Bertz CT molecular complexity index is 588. The smallest absolute Gasteiger partial charge is 0.246 e. The molecule has 1 unspecified atom stereocenters. The van der Waals surface area contributed by atoms with E-state index in [9.17, 15) is 13.5 Å². The Labute approximate surface area is 125 Å². The van der Waals surface area contributed by atoms with Gasteiger partial charge < -0.3 is 20.3 Å². The van der Waals surface area contributed by atoms with Crippen molar-refractivity contribution in [2.45, 2.75) is 17.9 Å². The molecule has 0 heterocycles. The van der Waals surface area contributed by atoms with Gasteiger partial charge in [0.1, 0.15) is 10.6 Å². The van der Waals surface area contributed by atoms with E-state index >= 15 is 0 Å². The van der Waals surface area contributed by atoms with Crippen molar-refractivity contribution >= 4 is 15.7 Å². The molecule has 120 valence electrons. The summed E-state index contributed by atoms with van der Waals surface area (Å²) in [6.07, 6.45) is -0.913. The minimum atomic E-state index is -3.82. The van der Waals surface area contributed by atoms with Gasteiger partial charge in [0.2, 0.25) is 10.0 Å². The largest absolute Gasteiger partial charge is 0.495 e. The van der Waals surface area contributed by atoms with Crippen molar-refractivity contribution in [1.29, 1.82) is 0 Å². The number of hydrogen-bond acceptors (Lipinski definition) is 6. The van der Waals surface area contributed by atoms with Gasteiger partial charge in [-0.3, -0.25) is 0 Å². The van der Waals surface area contributed by atoms with Gasteiger partial charge in [0.25, 0.3) is 0 Å². The molecule has 21 heavy (non-hydrogen) atoms. The van der Waals surface area contributed by atoms with Crippen molar-refractivity contribution in [1.82, 2.24) is 4.31 Å². The predicted molar refractivity (Wildman–Crippen MR) is 79.8 cm³/mol. The van der Waals surface area contributed by atoms with E-state index in [-0.39, 0.29) is 23.8 Å². The number of nitrogen functional groups attached to an aromatic ring is 1. The Hall–Kier alpha value is -1.35. The van der Waals surface area contributed by atoms with Crippen LogP contribution in [0.3, 0.4) is 0 Å². The molecule has 0 saturated carbocycles. The van der Waals surface area contributed by atoms with Crippen LogP contribution in [0.5, 0.6) is 5.75 Å². The van der Waals surface area contributed by atoms with E-state index in [0.717, 1.165) is 9.87 Å². The summed E-state index contributed by atoms with van der Waals surface area (Å²) in [4.78, 5) is -0.0276. The summed E-state index contributed by atoms with van der Waals surface area (Å²) in [7, 11) is 0.382. The van der Waals surface area contributed by atoms with E-state index < -0.39 is 16.1 Å². The molecule has 0 aliphatic carbocycles. The summed E-state index contributed by atoms with van der Waals surface area (Å²) in [5, 5.41) is 9.67. The summed E-state index contributed by atoms with van der Waals surface area (Å²) >= 11 is 0. The summed E-state index contributed by atoms with van der Waals surface area (Å²) < 4.78 is 36.1. The lowest BCUT2D eigenvalue weighted by atomic mass is 10.2. The van der Waals surface area contributed by atoms with Crippen molar-refractivity contribution in [2.24, 2.45) is 0 Å². The minimum absolute atomic E-state index is 0.0276. The summed E-state index contributed by atoms with van der Waals surface area (Å²) in [6, 6.07) is 2.93. The number of methoxy groups -OCH3 is 2. The van der Waals surface area contributed by atoms with Crippen LogP contribution < -0.4 is 10.5 Å². The van der Waals surface area contributed by atoms with E-state index in [1.807, 2.05) is 0 Å². The number of nitrogens with zero attached hydrogens (tertiary/aromatic N) is 1. The molecule has 1 atom stereocenters. The van der Waals surface area contributed by atoms with Crippen LogP contribution in [0.1, 0.15) is 5.56 Å². The van der Waals surface area contributed by atoms with Gasteiger partial charge in [-0.25, -0.2) is 8.42 Å². The van der Waals surface area contributed by atoms with Crippen LogP contribution in [-0.2, 0) is 14.8 Å². The first-order chi connectivity index (χ1) is 9.73. The molecule has 8 heteroatoms. The van der Waals surface area contributed by atoms with Crippen LogP contribution in [0.2, 0.25) is 0 Å². The zero-order valence-electron chi connectivity index (χ0n) is 12.7. The minimum Gasteiger partial charge on any atom is -0.495 e. The van der Waals surface area contributed by atoms with E-state index in [2.05, 4.69) is 0 Å². The summed E-state index contributed by atoms with van der Waals surface area (Å²) in [5.41, 5.74) is 6.87. The number of rotatable bonds is 7. The molecular weight excluding hydrogens is 296 g/mol. The molecular formula is C13H22N2O5S. The SMILES string of the molecule is COCC(O)CN(C)S(=O)(=O)c1cc(N)c(C)cc1OC. The third-order valence-corrected chi connectivity index (χ3v) is 4.91. The quantitative estimate of drug-likeness (QED) is 0.697. The number of hydrogen-bond donors (Lipinski definition) is 2. The molecule has 3 N–H and O–H groups in total. The lowest BCUT2D eigenvalue weighted by Gasteiger charge is -2.22. The highest BCUT2D eigenvalue weighted by atomic mass is 32.2. The van der Waals surface area contributed by atoms with Crippen LogP contribution >= 0.6 is 0 Å². The zero-order valence-corrected chi connectivity index (χ0v) is 13.5. The van der Waals surface area contributed by atoms with Crippen LogP contribution in [-0.4, -0.2) is 58.4 Å². The molecule has 0 aromatic heterocycles. The van der Waals surface area contributed by atoms with E-state index in [0.29, 0.717) is 5.69 Å². The van der Waals surface area contributed by atoms with Crippen LogP contribution in [0, 0.1) is 6.92 Å². The second-order valence-electron chi connectivity index (χ2n) is 4.75. The fourth-order valence-electron chi connectivity index (χ4n) is 1.85. The van der Waals surface area contributed by atoms with Crippen LogP contribution in [0.4, 0.5) is 5.69 Å². The Morgan fingerprint density at radius 3 is 2.52 bits per heavy atom. The summed E-state index contributed by atoms with van der Waals surface area (Å²) in [6.45, 7) is 1.72. The highest BCUT2D eigenvalue weighted by Crippen LogP contribution is 2.30. The van der Waals surface area contributed by atoms with Gasteiger partial charge in [-0.2, -0.15) is 4.31 Å². The average Bonchev–Trinajstić information content (AvgIpc) is 2.41. The molecule has 0 bridgehead atoms. The van der Waals surface area contributed by atoms with Crippen molar-refractivity contribution in [3.05, 3.63) is 17.7 Å². The topological polar surface area (TPSA) is 102 Å². The molecule has 0 fully saturated rings. The van der Waals surface area contributed by atoms with Crippen LogP contribution in [0.25, 0.3) is 0 Å². The lowest BCUT2D eigenvalue weighted by molar-refractivity contribution is 0.0554. The number of aliphatic hydroxyl groups is 1.